The highest BCUT2D eigenvalue weighted by atomic mass is 16.6. The molecule has 0 radical (unpaired) electrons. The Morgan fingerprint density at radius 2 is 1.00 bits per heavy atom. The molecule has 0 unspecified atom stereocenters. The normalized spacial score (nSPS) is 11.1. The quantitative estimate of drug-likeness (QED) is 0.482. The van der Waals surface area contributed by atoms with Crippen LogP contribution in [0, 0.1) is 0 Å². The summed E-state index contributed by atoms with van der Waals surface area (Å²) >= 11 is 0. The molecule has 0 aromatic heterocycles. The number of carbonyl (C=O) groups excluding carboxylic acids is 2. The molecule has 156 valence electrons. The van der Waals surface area contributed by atoms with Crippen molar-refractivity contribution in [2.24, 2.45) is 11.5 Å². The third-order valence-electron chi connectivity index (χ3n) is 2.60. The Morgan fingerprint density at radius 1 is 0.692 bits per heavy atom. The van der Waals surface area contributed by atoms with Crippen LogP contribution in [0.25, 0.3) is 0 Å². The van der Waals surface area contributed by atoms with Gasteiger partial charge in [-0.25, -0.2) is 9.59 Å². The maximum absolute atomic E-state index is 11.1. The summed E-state index contributed by atoms with van der Waals surface area (Å²) in [5, 5.41) is 5.31. The van der Waals surface area contributed by atoms with E-state index < -0.39 is 11.2 Å². The maximum Gasteiger partial charge on any atom is 0.407 e. The molecule has 6 N–H and O–H groups in total. The van der Waals surface area contributed by atoms with Crippen molar-refractivity contribution >= 4 is 12.2 Å². The van der Waals surface area contributed by atoms with Crippen LogP contribution in [0.4, 0.5) is 9.59 Å². The van der Waals surface area contributed by atoms with Gasteiger partial charge in [0.15, 0.2) is 0 Å². The van der Waals surface area contributed by atoms with Crippen LogP contribution in [0.15, 0.2) is 0 Å². The zero-order valence-corrected chi connectivity index (χ0v) is 17.4. The Bertz CT molecular complexity index is 340. The van der Waals surface area contributed by atoms with Crippen LogP contribution in [-0.4, -0.2) is 49.6 Å². The number of unbranched alkanes of at least 4 members (excludes halogenated alkanes) is 2. The molecule has 8 heteroatoms. The van der Waals surface area contributed by atoms with E-state index >= 15 is 0 Å². The number of hydrogen-bond acceptors (Lipinski definition) is 6. The van der Waals surface area contributed by atoms with Crippen molar-refractivity contribution in [1.82, 2.24) is 10.6 Å². The van der Waals surface area contributed by atoms with E-state index in [9.17, 15) is 9.59 Å². The molecular weight excluding hydrogens is 336 g/mol. The van der Waals surface area contributed by atoms with Gasteiger partial charge in [0.2, 0.25) is 0 Å². The summed E-state index contributed by atoms with van der Waals surface area (Å²) in [6.07, 6.45) is 2.94. The van der Waals surface area contributed by atoms with Crippen molar-refractivity contribution in [2.75, 3.05) is 26.2 Å². The molecule has 0 atom stereocenters. The molecule has 26 heavy (non-hydrogen) atoms. The molecule has 0 aliphatic rings. The molecule has 0 spiro atoms. The van der Waals surface area contributed by atoms with E-state index in [1.54, 1.807) is 0 Å². The van der Waals surface area contributed by atoms with Crippen molar-refractivity contribution in [2.45, 2.75) is 78.4 Å². The molecule has 0 saturated carbocycles. The minimum atomic E-state index is -0.419. The fourth-order valence-electron chi connectivity index (χ4n) is 1.55. The first-order valence-corrected chi connectivity index (χ1v) is 9.25. The smallest absolute Gasteiger partial charge is 0.407 e. The van der Waals surface area contributed by atoms with Crippen LogP contribution in [-0.2, 0) is 9.47 Å². The van der Waals surface area contributed by atoms with E-state index in [1.165, 1.54) is 0 Å². The lowest BCUT2D eigenvalue weighted by molar-refractivity contribution is 0.0515. The fraction of sp³-hybridized carbons (Fsp3) is 0.889. The molecule has 0 aliphatic heterocycles. The Hall–Kier alpha value is -1.54. The number of nitrogens with two attached hydrogens (primary N) is 2. The van der Waals surface area contributed by atoms with Crippen LogP contribution in [0.5, 0.6) is 0 Å². The van der Waals surface area contributed by atoms with Crippen LogP contribution in [0.1, 0.15) is 67.2 Å². The lowest BCUT2D eigenvalue weighted by Gasteiger charge is -2.19. The van der Waals surface area contributed by atoms with Crippen molar-refractivity contribution in [3.63, 3.8) is 0 Å². The third kappa shape index (κ3) is 24.7. The Balaban J connectivity index is 0. The highest BCUT2D eigenvalue weighted by Crippen LogP contribution is 2.06. The number of carbonyl (C=O) groups is 2. The topological polar surface area (TPSA) is 129 Å². The fourth-order valence-corrected chi connectivity index (χ4v) is 1.55. The standard InChI is InChI=1S/2C9H20N2O2/c2*1-9(2,3)13-8(12)11-7-5-4-6-10/h2*4-7,10H2,1-3H3,(H,11,12). The summed E-state index contributed by atoms with van der Waals surface area (Å²) in [7, 11) is 0. The largest absolute Gasteiger partial charge is 0.444 e. The van der Waals surface area contributed by atoms with Crippen molar-refractivity contribution in [3.05, 3.63) is 0 Å². The van der Waals surface area contributed by atoms with Gasteiger partial charge in [-0.3, -0.25) is 0 Å². The van der Waals surface area contributed by atoms with Crippen LogP contribution < -0.4 is 22.1 Å². The number of ether oxygens (including phenoxy) is 2. The number of hydrogen-bond donors (Lipinski definition) is 4. The maximum atomic E-state index is 11.1. The SMILES string of the molecule is CC(C)(C)OC(=O)NCCCCN.CC(C)(C)OC(=O)NCCCCN. The summed E-state index contributed by atoms with van der Waals surface area (Å²) in [6.45, 7) is 13.6. The second-order valence-electron chi connectivity index (χ2n) is 7.85. The molecule has 0 heterocycles. The molecule has 0 fully saturated rings. The lowest BCUT2D eigenvalue weighted by Crippen LogP contribution is -2.33. The summed E-state index contributed by atoms with van der Waals surface area (Å²) < 4.78 is 10.1. The zero-order valence-electron chi connectivity index (χ0n) is 17.4. The Labute approximate surface area is 158 Å². The molecule has 0 aliphatic carbocycles. The summed E-state index contributed by atoms with van der Waals surface area (Å²) in [4.78, 5) is 22.1. The molecule has 0 aromatic rings. The molecular formula is C18H40N4O4. The molecule has 0 saturated heterocycles. The zero-order chi connectivity index (χ0) is 20.6. The number of rotatable bonds is 8. The van der Waals surface area contributed by atoms with Gasteiger partial charge in [0, 0.05) is 13.1 Å². The lowest BCUT2D eigenvalue weighted by atomic mass is 10.2. The average molecular weight is 377 g/mol. The molecule has 8 nitrogen and oxygen atoms in total. The highest BCUT2D eigenvalue weighted by Gasteiger charge is 2.15. The molecule has 0 aromatic carbocycles. The Kier molecular flexibility index (Phi) is 15.0. The van der Waals surface area contributed by atoms with E-state index in [1.807, 2.05) is 41.5 Å². The van der Waals surface area contributed by atoms with Gasteiger partial charge in [-0.15, -0.1) is 0 Å². The predicted molar refractivity (Wildman–Crippen MR) is 105 cm³/mol. The minimum absolute atomic E-state index is 0.357. The van der Waals surface area contributed by atoms with Gasteiger partial charge in [0.1, 0.15) is 11.2 Å². The summed E-state index contributed by atoms with van der Waals surface area (Å²) in [5.74, 6) is 0. The van der Waals surface area contributed by atoms with Crippen LogP contribution >= 0.6 is 0 Å². The van der Waals surface area contributed by atoms with Crippen molar-refractivity contribution in [1.29, 1.82) is 0 Å². The van der Waals surface area contributed by atoms with E-state index in [0.29, 0.717) is 26.2 Å². The van der Waals surface area contributed by atoms with Crippen LogP contribution in [0.3, 0.4) is 0 Å². The first-order chi connectivity index (χ1) is 11.9. The second kappa shape index (κ2) is 14.6. The van der Waals surface area contributed by atoms with E-state index in [0.717, 1.165) is 25.7 Å². The van der Waals surface area contributed by atoms with E-state index in [2.05, 4.69) is 10.6 Å². The van der Waals surface area contributed by atoms with Crippen LogP contribution in [0.2, 0.25) is 0 Å². The monoisotopic (exact) mass is 376 g/mol. The molecule has 0 rings (SSSR count). The first-order valence-electron chi connectivity index (χ1n) is 9.25. The molecule has 0 bridgehead atoms. The van der Waals surface area contributed by atoms with Crippen molar-refractivity contribution in [3.8, 4) is 0 Å². The number of nitrogens with one attached hydrogen (secondary N) is 2. The van der Waals surface area contributed by atoms with Gasteiger partial charge in [-0.2, -0.15) is 0 Å². The molecule has 2 amide bonds. The van der Waals surface area contributed by atoms with Gasteiger partial charge in [0.05, 0.1) is 0 Å². The van der Waals surface area contributed by atoms with Gasteiger partial charge < -0.3 is 31.6 Å². The van der Waals surface area contributed by atoms with E-state index in [4.69, 9.17) is 20.9 Å². The van der Waals surface area contributed by atoms with Crippen molar-refractivity contribution < 1.29 is 19.1 Å². The third-order valence-corrected chi connectivity index (χ3v) is 2.60. The average Bonchev–Trinajstić information content (AvgIpc) is 2.45. The number of amides is 2. The summed E-state index contributed by atoms with van der Waals surface area (Å²) in [5.41, 5.74) is 9.77. The minimum Gasteiger partial charge on any atom is -0.444 e. The van der Waals surface area contributed by atoms with Gasteiger partial charge >= 0.3 is 12.2 Å². The summed E-state index contributed by atoms with van der Waals surface area (Å²) in [6, 6.07) is 0. The van der Waals surface area contributed by atoms with E-state index in [-0.39, 0.29) is 12.2 Å². The Morgan fingerprint density at radius 3 is 1.23 bits per heavy atom. The van der Waals surface area contributed by atoms with Gasteiger partial charge in [-0.1, -0.05) is 0 Å². The number of alkyl carbamates (subject to hydrolysis) is 2. The first kappa shape index (κ1) is 26.7. The highest BCUT2D eigenvalue weighted by molar-refractivity contribution is 5.67. The second-order valence-corrected chi connectivity index (χ2v) is 7.85. The van der Waals surface area contributed by atoms with Gasteiger partial charge in [-0.05, 0) is 80.3 Å². The van der Waals surface area contributed by atoms with Gasteiger partial charge in [0.25, 0.3) is 0 Å². The predicted octanol–water partition coefficient (Wildman–Crippen LogP) is 2.50.